The van der Waals surface area contributed by atoms with Crippen LogP contribution in [0.5, 0.6) is 0 Å². The van der Waals surface area contributed by atoms with E-state index in [2.05, 4.69) is 24.9 Å². The molecule has 1 N–H and O–H groups in total. The molecular formula is C24H27F2N9O3S2. The molecule has 0 unspecified atom stereocenters. The number of likely N-dealkylation sites (tertiary alicyclic amines) is 1. The summed E-state index contributed by atoms with van der Waals surface area (Å²) in [5.74, 6) is 0.107. The zero-order chi connectivity index (χ0) is 28.2. The van der Waals surface area contributed by atoms with Crippen LogP contribution >= 0.6 is 11.3 Å². The van der Waals surface area contributed by atoms with Gasteiger partial charge in [0.05, 0.1) is 28.7 Å². The number of hydrogen-bond donors (Lipinski definition) is 1. The van der Waals surface area contributed by atoms with Crippen molar-refractivity contribution in [1.82, 2.24) is 34.5 Å². The monoisotopic (exact) mass is 591 g/mol. The van der Waals surface area contributed by atoms with E-state index in [1.807, 2.05) is 22.9 Å². The first-order chi connectivity index (χ1) is 19.1. The van der Waals surface area contributed by atoms with E-state index in [9.17, 15) is 27.3 Å². The number of halogens is 2. The molecule has 1 aliphatic carbocycles. The van der Waals surface area contributed by atoms with Gasteiger partial charge in [0.25, 0.3) is 6.43 Å². The Morgan fingerprint density at radius 3 is 2.55 bits per heavy atom. The number of carbonyl (C=O) groups excluding carboxylic acids is 1. The molecule has 3 fully saturated rings. The molecule has 6 rings (SSSR count). The van der Waals surface area contributed by atoms with E-state index in [-0.39, 0.29) is 22.0 Å². The second-order valence-electron chi connectivity index (χ2n) is 10.4. The molecule has 1 saturated carbocycles. The van der Waals surface area contributed by atoms with Crippen molar-refractivity contribution in [3.05, 3.63) is 23.3 Å². The van der Waals surface area contributed by atoms with Crippen LogP contribution in [-0.4, -0.2) is 95.5 Å². The van der Waals surface area contributed by atoms with E-state index in [0.29, 0.717) is 66.9 Å². The van der Waals surface area contributed by atoms with Gasteiger partial charge in [0.15, 0.2) is 5.01 Å². The minimum absolute atomic E-state index is 0.0746. The number of aromatic nitrogens is 4. The number of benzene rings is 1. The minimum Gasteiger partial charge on any atom is -0.367 e. The van der Waals surface area contributed by atoms with Crippen molar-refractivity contribution in [3.8, 4) is 11.2 Å². The van der Waals surface area contributed by atoms with Gasteiger partial charge in [-0.15, -0.1) is 10.2 Å². The van der Waals surface area contributed by atoms with Crippen molar-refractivity contribution >= 4 is 43.9 Å². The fourth-order valence-electron chi connectivity index (χ4n) is 5.33. The highest BCUT2D eigenvalue weighted by molar-refractivity contribution is 7.89. The summed E-state index contributed by atoms with van der Waals surface area (Å²) in [6.07, 6.45) is 1.41. The van der Waals surface area contributed by atoms with Crippen LogP contribution in [0, 0.1) is 11.3 Å². The largest absolute Gasteiger partial charge is 0.367 e. The molecule has 1 atom stereocenters. The van der Waals surface area contributed by atoms with Gasteiger partial charge in [-0.3, -0.25) is 9.69 Å². The quantitative estimate of drug-likeness (QED) is 0.436. The van der Waals surface area contributed by atoms with Crippen molar-refractivity contribution in [1.29, 1.82) is 5.26 Å². The predicted octanol–water partition coefficient (Wildman–Crippen LogP) is 1.89. The molecule has 0 radical (unpaired) electrons. The zero-order valence-electron chi connectivity index (χ0n) is 21.6. The van der Waals surface area contributed by atoms with Crippen LogP contribution in [0.1, 0.15) is 37.1 Å². The van der Waals surface area contributed by atoms with E-state index < -0.39 is 27.0 Å². The Balaban J connectivity index is 1.36. The van der Waals surface area contributed by atoms with Crippen LogP contribution in [-0.2, 0) is 14.8 Å². The first-order valence-electron chi connectivity index (χ1n) is 12.9. The third-order valence-electron chi connectivity index (χ3n) is 7.78. The second kappa shape index (κ2) is 9.98. The maximum Gasteiger partial charge on any atom is 0.291 e. The van der Waals surface area contributed by atoms with Gasteiger partial charge in [-0.05, 0) is 51.4 Å². The minimum atomic E-state index is -4.11. The van der Waals surface area contributed by atoms with Crippen molar-refractivity contribution < 1.29 is 22.0 Å². The summed E-state index contributed by atoms with van der Waals surface area (Å²) in [5, 5.41) is 21.4. The summed E-state index contributed by atoms with van der Waals surface area (Å²) in [5.41, 5.74) is -0.198. The van der Waals surface area contributed by atoms with Crippen LogP contribution in [0.3, 0.4) is 0 Å². The maximum absolute atomic E-state index is 13.4. The summed E-state index contributed by atoms with van der Waals surface area (Å²) in [6.45, 7) is 2.78. The van der Waals surface area contributed by atoms with Gasteiger partial charge in [-0.1, -0.05) is 11.3 Å². The van der Waals surface area contributed by atoms with Crippen molar-refractivity contribution in [2.75, 3.05) is 44.7 Å². The van der Waals surface area contributed by atoms with Crippen LogP contribution in [0.25, 0.3) is 16.0 Å². The number of rotatable bonds is 7. The SMILES string of the molecule is CN1CCC[C@@H]1C(=O)N1CCN(c2cc(S(=O)(=O)NC3(C#N)CC3)cc3c2cnn3-c2nnc(C(F)F)s2)CC1. The summed E-state index contributed by atoms with van der Waals surface area (Å²) in [4.78, 5) is 18.9. The number of carbonyl (C=O) groups is 1. The number of nitrogens with zero attached hydrogens (tertiary/aromatic N) is 8. The average molecular weight is 592 g/mol. The Kier molecular flexibility index (Phi) is 6.72. The van der Waals surface area contributed by atoms with Gasteiger partial charge in [-0.2, -0.15) is 15.1 Å². The van der Waals surface area contributed by atoms with Gasteiger partial charge in [-0.25, -0.2) is 21.9 Å². The fourth-order valence-corrected chi connectivity index (χ4v) is 7.42. The smallest absolute Gasteiger partial charge is 0.291 e. The van der Waals surface area contributed by atoms with E-state index >= 15 is 0 Å². The third kappa shape index (κ3) is 4.80. The molecule has 1 aromatic carbocycles. The number of alkyl halides is 2. The molecule has 2 aromatic heterocycles. The van der Waals surface area contributed by atoms with Crippen molar-refractivity contribution in [2.45, 2.75) is 48.6 Å². The lowest BCUT2D eigenvalue weighted by molar-refractivity contribution is -0.135. The predicted molar refractivity (Wildman–Crippen MR) is 142 cm³/mol. The number of fused-ring (bicyclic) bond motifs is 1. The van der Waals surface area contributed by atoms with E-state index in [4.69, 9.17) is 0 Å². The van der Waals surface area contributed by atoms with Gasteiger partial charge in [0, 0.05) is 37.3 Å². The second-order valence-corrected chi connectivity index (χ2v) is 13.1. The first kappa shape index (κ1) is 26.9. The molecule has 2 saturated heterocycles. The lowest BCUT2D eigenvalue weighted by atomic mass is 10.1. The first-order valence-corrected chi connectivity index (χ1v) is 15.2. The average Bonchev–Trinajstić information content (AvgIpc) is 3.30. The molecule has 212 valence electrons. The number of likely N-dealkylation sites (N-methyl/N-ethyl adjacent to an activating group) is 1. The fraction of sp³-hybridized carbons (Fsp3) is 0.542. The summed E-state index contributed by atoms with van der Waals surface area (Å²) >= 11 is 0.666. The topological polar surface area (TPSA) is 140 Å². The Morgan fingerprint density at radius 1 is 1.20 bits per heavy atom. The molecule has 3 aliphatic rings. The standard InChI is InChI=1S/C24H27F2N9O3S2/c1-32-6-2-3-17(32)22(36)34-9-7-33(8-10-34)18-11-15(40(37,38)31-24(14-27)4-5-24)12-19-16(18)13-28-35(19)23-30-29-21(39-23)20(25)26/h11-13,17,20,31H,2-10H2,1H3/t17-/m1/s1. The molecule has 4 heterocycles. The van der Waals surface area contributed by atoms with Crippen LogP contribution in [0.2, 0.25) is 0 Å². The van der Waals surface area contributed by atoms with E-state index in [1.54, 1.807) is 6.20 Å². The number of nitriles is 1. The number of sulfonamides is 1. The maximum atomic E-state index is 13.4. The third-order valence-corrected chi connectivity index (χ3v) is 10.2. The van der Waals surface area contributed by atoms with Gasteiger partial charge < -0.3 is 9.80 Å². The number of amides is 1. The van der Waals surface area contributed by atoms with Crippen LogP contribution in [0.15, 0.2) is 23.2 Å². The molecule has 3 aromatic rings. The molecular weight excluding hydrogens is 564 g/mol. The molecule has 0 bridgehead atoms. The highest BCUT2D eigenvalue weighted by atomic mass is 32.2. The zero-order valence-corrected chi connectivity index (χ0v) is 23.3. The number of nitrogens with one attached hydrogen (secondary N) is 1. The summed E-state index contributed by atoms with van der Waals surface area (Å²) in [7, 11) is -2.15. The van der Waals surface area contributed by atoms with E-state index in [0.717, 1.165) is 19.4 Å². The van der Waals surface area contributed by atoms with Crippen LogP contribution < -0.4 is 9.62 Å². The lowest BCUT2D eigenvalue weighted by Crippen LogP contribution is -2.53. The number of anilines is 1. The molecule has 0 spiro atoms. The van der Waals surface area contributed by atoms with Gasteiger partial charge in [0.1, 0.15) is 5.54 Å². The molecule has 16 heteroatoms. The Morgan fingerprint density at radius 2 is 1.95 bits per heavy atom. The van der Waals surface area contributed by atoms with E-state index in [1.165, 1.54) is 16.8 Å². The normalized spacial score (nSPS) is 21.3. The Bertz CT molecular complexity index is 1600. The highest BCUT2D eigenvalue weighted by Gasteiger charge is 2.47. The van der Waals surface area contributed by atoms with Gasteiger partial charge in [0.2, 0.25) is 21.1 Å². The molecule has 1 amide bonds. The Labute approximate surface area is 233 Å². The lowest BCUT2D eigenvalue weighted by Gasteiger charge is -2.38. The molecule has 12 nitrogen and oxygen atoms in total. The highest BCUT2D eigenvalue weighted by Crippen LogP contribution is 2.38. The number of hydrogen-bond acceptors (Lipinski definition) is 10. The Hall–Kier alpha value is -3.26. The van der Waals surface area contributed by atoms with Crippen LogP contribution in [0.4, 0.5) is 14.5 Å². The molecule has 2 aliphatic heterocycles. The summed E-state index contributed by atoms with van der Waals surface area (Å²) in [6, 6.07) is 4.86. The van der Waals surface area contributed by atoms with Crippen molar-refractivity contribution in [2.24, 2.45) is 0 Å². The van der Waals surface area contributed by atoms with Gasteiger partial charge >= 0.3 is 0 Å². The number of piperazine rings is 1. The summed E-state index contributed by atoms with van der Waals surface area (Å²) < 4.78 is 57.0. The molecule has 40 heavy (non-hydrogen) atoms. The van der Waals surface area contributed by atoms with Crippen molar-refractivity contribution in [3.63, 3.8) is 0 Å².